The van der Waals surface area contributed by atoms with E-state index in [1.54, 1.807) is 0 Å². The molecule has 1 aliphatic rings. The third kappa shape index (κ3) is 2.91. The van der Waals surface area contributed by atoms with E-state index in [4.69, 9.17) is 0 Å². The van der Waals surface area contributed by atoms with Crippen molar-refractivity contribution < 1.29 is 0 Å². The second-order valence-electron chi connectivity index (χ2n) is 8.52. The van der Waals surface area contributed by atoms with E-state index in [0.29, 0.717) is 0 Å². The summed E-state index contributed by atoms with van der Waals surface area (Å²) in [5, 5.41) is 14.3. The fourth-order valence-electron chi connectivity index (χ4n) is 5.01. The Hall–Kier alpha value is -2.64. The Morgan fingerprint density at radius 2 is 0.929 bits per heavy atom. The summed E-state index contributed by atoms with van der Waals surface area (Å²) in [7, 11) is 0. The molecule has 1 fully saturated rings. The van der Waals surface area contributed by atoms with Gasteiger partial charge in [0.15, 0.2) is 0 Å². The molecule has 28 heavy (non-hydrogen) atoms. The van der Waals surface area contributed by atoms with Crippen LogP contribution in [0.15, 0.2) is 72.8 Å². The van der Waals surface area contributed by atoms with E-state index in [0.717, 1.165) is 11.8 Å². The molecular formula is C27H27N. The van der Waals surface area contributed by atoms with Gasteiger partial charge in [0, 0.05) is 0 Å². The molecule has 1 saturated heterocycles. The monoisotopic (exact) mass is 365 g/mol. The molecule has 1 N–H and O–H groups in total. The Morgan fingerprint density at radius 3 is 1.21 bits per heavy atom. The molecule has 2 unspecified atom stereocenters. The maximum atomic E-state index is 3.38. The summed E-state index contributed by atoms with van der Waals surface area (Å²) < 4.78 is 0. The first-order valence-electron chi connectivity index (χ1n) is 10.5. The van der Waals surface area contributed by atoms with Crippen molar-refractivity contribution in [2.24, 2.45) is 11.8 Å². The first kappa shape index (κ1) is 17.5. The quantitative estimate of drug-likeness (QED) is 0.230. The summed E-state index contributed by atoms with van der Waals surface area (Å²) in [5.74, 6) is 1.80. The van der Waals surface area contributed by atoms with Gasteiger partial charge in [0.05, 0.1) is 0 Å². The molecule has 5 aromatic rings. The van der Waals surface area contributed by atoms with Crippen molar-refractivity contribution in [2.75, 3.05) is 13.1 Å². The van der Waals surface area contributed by atoms with E-state index >= 15 is 0 Å². The molecule has 6 rings (SSSR count). The lowest BCUT2D eigenvalue weighted by atomic mass is 9.90. The van der Waals surface area contributed by atoms with Gasteiger partial charge in [-0.2, -0.15) is 0 Å². The normalized spacial score (nSPS) is 19.9. The van der Waals surface area contributed by atoms with Gasteiger partial charge >= 0.3 is 0 Å². The molecule has 1 heteroatoms. The fraction of sp³-hybridized carbons (Fsp3) is 0.259. The summed E-state index contributed by atoms with van der Waals surface area (Å²) in [5.41, 5.74) is 0. The molecular weight excluding hydrogens is 338 g/mol. The maximum absolute atomic E-state index is 3.38. The van der Waals surface area contributed by atoms with Crippen LogP contribution in [0.5, 0.6) is 0 Å². The lowest BCUT2D eigenvalue weighted by molar-refractivity contribution is 0.321. The van der Waals surface area contributed by atoms with Crippen LogP contribution in [0.2, 0.25) is 0 Å². The minimum absolute atomic E-state index is 0.902. The van der Waals surface area contributed by atoms with Crippen molar-refractivity contribution in [1.82, 2.24) is 5.32 Å². The Bertz CT molecular complexity index is 1080. The summed E-state index contributed by atoms with van der Waals surface area (Å²) in [6, 6.07) is 26.4. The van der Waals surface area contributed by atoms with Gasteiger partial charge < -0.3 is 5.32 Å². The van der Waals surface area contributed by atoms with Crippen LogP contribution in [0.3, 0.4) is 0 Å². The number of rotatable bonds is 0. The number of benzene rings is 5. The number of piperidine rings is 1. The van der Waals surface area contributed by atoms with Crippen LogP contribution in [0.4, 0.5) is 0 Å². The highest BCUT2D eigenvalue weighted by Gasteiger charge is 2.13. The molecule has 1 nitrogen and oxygen atoms in total. The molecule has 5 aromatic carbocycles. The standard InChI is InChI=1S/C20H12.C7H15N/c1-5-13-6-2-11-17-18-12-4-8-14-7-3-10-16(20(14)18)15(9-1)19(13)17;1-6-3-7(2)5-8-4-6/h1-12H;6-8H,3-5H2,1-2H3. The zero-order valence-corrected chi connectivity index (χ0v) is 16.7. The molecule has 1 heterocycles. The molecule has 0 bridgehead atoms. The average Bonchev–Trinajstić information content (AvgIpc) is 2.72. The molecule has 0 amide bonds. The van der Waals surface area contributed by atoms with Crippen molar-refractivity contribution in [1.29, 1.82) is 0 Å². The van der Waals surface area contributed by atoms with Gasteiger partial charge in [-0.05, 0) is 74.4 Å². The molecule has 0 radical (unpaired) electrons. The summed E-state index contributed by atoms with van der Waals surface area (Å²) in [6.07, 6.45) is 1.41. The largest absolute Gasteiger partial charge is 0.316 e. The van der Waals surface area contributed by atoms with Gasteiger partial charge in [-0.1, -0.05) is 86.6 Å². The van der Waals surface area contributed by atoms with Gasteiger partial charge in [0.1, 0.15) is 0 Å². The predicted octanol–water partition coefficient (Wildman–Crippen LogP) is 6.99. The fourth-order valence-corrected chi connectivity index (χ4v) is 5.01. The van der Waals surface area contributed by atoms with Crippen molar-refractivity contribution in [2.45, 2.75) is 20.3 Å². The van der Waals surface area contributed by atoms with E-state index in [2.05, 4.69) is 92.0 Å². The van der Waals surface area contributed by atoms with Crippen LogP contribution in [0, 0.1) is 11.8 Å². The van der Waals surface area contributed by atoms with Crippen molar-refractivity contribution in [3.8, 4) is 0 Å². The second-order valence-corrected chi connectivity index (χ2v) is 8.52. The number of nitrogens with one attached hydrogen (secondary N) is 1. The Balaban J connectivity index is 0.000000181. The van der Waals surface area contributed by atoms with E-state index in [9.17, 15) is 0 Å². The van der Waals surface area contributed by atoms with E-state index in [1.165, 1.54) is 62.6 Å². The maximum Gasteiger partial charge on any atom is -0.00229 e. The molecule has 0 aliphatic carbocycles. The highest BCUT2D eigenvalue weighted by molar-refractivity contribution is 6.32. The molecule has 0 spiro atoms. The Labute approximate surface area is 166 Å². The first-order chi connectivity index (χ1) is 13.7. The molecule has 1 aliphatic heterocycles. The predicted molar refractivity (Wildman–Crippen MR) is 123 cm³/mol. The van der Waals surface area contributed by atoms with Gasteiger partial charge in [0.25, 0.3) is 0 Å². The number of hydrogen-bond donors (Lipinski definition) is 1. The van der Waals surface area contributed by atoms with Crippen molar-refractivity contribution in [3.05, 3.63) is 72.8 Å². The zero-order valence-electron chi connectivity index (χ0n) is 16.7. The molecule has 140 valence electrons. The SMILES string of the molecule is CC1CNCC(C)C1.c1cc2cccc3c4cccc5cccc(c(c1)c23)c54. The second kappa shape index (κ2) is 7.07. The van der Waals surface area contributed by atoms with E-state index < -0.39 is 0 Å². The van der Waals surface area contributed by atoms with Crippen LogP contribution in [0.25, 0.3) is 43.1 Å². The Kier molecular flexibility index (Phi) is 4.41. The lowest BCUT2D eigenvalue weighted by Gasteiger charge is -2.24. The third-order valence-electron chi connectivity index (χ3n) is 6.18. The van der Waals surface area contributed by atoms with Crippen molar-refractivity contribution >= 4 is 43.1 Å². The third-order valence-corrected chi connectivity index (χ3v) is 6.18. The van der Waals surface area contributed by atoms with Crippen LogP contribution in [-0.2, 0) is 0 Å². The highest BCUT2D eigenvalue weighted by Crippen LogP contribution is 2.39. The molecule has 0 saturated carbocycles. The smallest absolute Gasteiger partial charge is 0.00229 e. The summed E-state index contributed by atoms with van der Waals surface area (Å²) >= 11 is 0. The minimum atomic E-state index is 0.902. The zero-order chi connectivity index (χ0) is 19.1. The van der Waals surface area contributed by atoms with E-state index in [-0.39, 0.29) is 0 Å². The van der Waals surface area contributed by atoms with Gasteiger partial charge in [0.2, 0.25) is 0 Å². The van der Waals surface area contributed by atoms with Gasteiger partial charge in [-0.25, -0.2) is 0 Å². The van der Waals surface area contributed by atoms with Crippen LogP contribution >= 0.6 is 0 Å². The van der Waals surface area contributed by atoms with Crippen LogP contribution in [-0.4, -0.2) is 13.1 Å². The highest BCUT2D eigenvalue weighted by atomic mass is 14.9. The van der Waals surface area contributed by atoms with Crippen molar-refractivity contribution in [3.63, 3.8) is 0 Å². The van der Waals surface area contributed by atoms with E-state index in [1.807, 2.05) is 0 Å². The van der Waals surface area contributed by atoms with Crippen LogP contribution < -0.4 is 5.32 Å². The van der Waals surface area contributed by atoms with Gasteiger partial charge in [-0.3, -0.25) is 0 Å². The Morgan fingerprint density at radius 1 is 0.571 bits per heavy atom. The number of fused-ring (bicyclic) bond motifs is 2. The number of hydrogen-bond acceptors (Lipinski definition) is 1. The first-order valence-corrected chi connectivity index (χ1v) is 10.5. The minimum Gasteiger partial charge on any atom is -0.316 e. The lowest BCUT2D eigenvalue weighted by Crippen LogP contribution is -2.33. The molecule has 0 aromatic heterocycles. The topological polar surface area (TPSA) is 12.0 Å². The molecule has 2 atom stereocenters. The average molecular weight is 366 g/mol. The summed E-state index contributed by atoms with van der Waals surface area (Å²) in [6.45, 7) is 7.07. The summed E-state index contributed by atoms with van der Waals surface area (Å²) in [4.78, 5) is 0. The van der Waals surface area contributed by atoms with Gasteiger partial charge in [-0.15, -0.1) is 0 Å². The van der Waals surface area contributed by atoms with Crippen LogP contribution in [0.1, 0.15) is 20.3 Å².